The average molecular weight is 275 g/mol. The van der Waals surface area contributed by atoms with Crippen LogP contribution in [0.4, 0.5) is 0 Å². The maximum absolute atomic E-state index is 3.74. The van der Waals surface area contributed by atoms with Crippen molar-refractivity contribution in [3.63, 3.8) is 0 Å². The third-order valence-corrected chi connectivity index (χ3v) is 4.05. The number of benzene rings is 1. The molecule has 2 unspecified atom stereocenters. The zero-order valence-electron chi connectivity index (χ0n) is 13.9. The van der Waals surface area contributed by atoms with Crippen molar-refractivity contribution < 1.29 is 0 Å². The molecule has 0 saturated heterocycles. The van der Waals surface area contributed by atoms with Crippen LogP contribution in [-0.4, -0.2) is 12.6 Å². The predicted octanol–water partition coefficient (Wildman–Crippen LogP) is 5.12. The molecule has 2 atom stereocenters. The van der Waals surface area contributed by atoms with Crippen molar-refractivity contribution in [3.05, 3.63) is 35.4 Å². The van der Waals surface area contributed by atoms with Crippen molar-refractivity contribution >= 4 is 0 Å². The number of rotatable bonds is 10. The Balaban J connectivity index is 2.44. The highest BCUT2D eigenvalue weighted by Gasteiger charge is 2.12. The number of hydrogen-bond donors (Lipinski definition) is 1. The van der Waals surface area contributed by atoms with E-state index in [1.54, 1.807) is 0 Å². The van der Waals surface area contributed by atoms with Gasteiger partial charge in [-0.25, -0.2) is 0 Å². The first kappa shape index (κ1) is 17.2. The van der Waals surface area contributed by atoms with E-state index in [2.05, 4.69) is 57.3 Å². The first-order valence-corrected chi connectivity index (χ1v) is 8.44. The summed E-state index contributed by atoms with van der Waals surface area (Å²) in [5, 5.41) is 3.74. The minimum atomic E-state index is 0.679. The van der Waals surface area contributed by atoms with Crippen LogP contribution in [0.3, 0.4) is 0 Å². The molecule has 20 heavy (non-hydrogen) atoms. The van der Waals surface area contributed by atoms with E-state index in [4.69, 9.17) is 0 Å². The zero-order valence-corrected chi connectivity index (χ0v) is 13.9. The third-order valence-electron chi connectivity index (χ3n) is 4.05. The fraction of sp³-hybridized carbons (Fsp3) is 0.684. The summed E-state index contributed by atoms with van der Waals surface area (Å²) in [5.41, 5.74) is 2.83. The molecule has 1 N–H and O–H groups in total. The van der Waals surface area contributed by atoms with E-state index in [1.807, 2.05) is 0 Å². The van der Waals surface area contributed by atoms with Crippen LogP contribution >= 0.6 is 0 Å². The molecular formula is C19H33N. The molecule has 0 radical (unpaired) electrons. The van der Waals surface area contributed by atoms with Crippen molar-refractivity contribution in [3.8, 4) is 0 Å². The van der Waals surface area contributed by atoms with Crippen molar-refractivity contribution in [2.75, 3.05) is 6.54 Å². The van der Waals surface area contributed by atoms with Gasteiger partial charge in [0.25, 0.3) is 0 Å². The Kier molecular flexibility index (Phi) is 8.60. The van der Waals surface area contributed by atoms with Crippen molar-refractivity contribution in [2.45, 2.75) is 72.3 Å². The quantitative estimate of drug-likeness (QED) is 0.625. The standard InChI is InChI=1S/C19H33N/c1-5-7-17(4)15-19(20-14-6-2)13-12-18-10-8-16(3)9-11-18/h8-11,17,19-20H,5-7,12-15H2,1-4H3. The van der Waals surface area contributed by atoms with E-state index in [-0.39, 0.29) is 0 Å². The predicted molar refractivity (Wildman–Crippen MR) is 90.3 cm³/mol. The maximum atomic E-state index is 3.74. The summed E-state index contributed by atoms with van der Waals surface area (Å²) in [6.07, 6.45) is 7.66. The minimum Gasteiger partial charge on any atom is -0.314 e. The van der Waals surface area contributed by atoms with Crippen LogP contribution in [0, 0.1) is 12.8 Å². The van der Waals surface area contributed by atoms with Gasteiger partial charge in [-0.1, -0.05) is 63.4 Å². The van der Waals surface area contributed by atoms with Gasteiger partial charge in [0, 0.05) is 6.04 Å². The fourth-order valence-electron chi connectivity index (χ4n) is 2.84. The van der Waals surface area contributed by atoms with Gasteiger partial charge in [0.05, 0.1) is 0 Å². The Bertz CT molecular complexity index is 341. The summed E-state index contributed by atoms with van der Waals surface area (Å²) in [6.45, 7) is 10.2. The van der Waals surface area contributed by atoms with E-state index in [1.165, 1.54) is 49.7 Å². The van der Waals surface area contributed by atoms with Crippen LogP contribution in [0.2, 0.25) is 0 Å². The van der Waals surface area contributed by atoms with Gasteiger partial charge in [-0.15, -0.1) is 0 Å². The van der Waals surface area contributed by atoms with E-state index in [0.29, 0.717) is 6.04 Å². The molecule has 1 aromatic rings. The summed E-state index contributed by atoms with van der Waals surface area (Å²) in [4.78, 5) is 0. The lowest BCUT2D eigenvalue weighted by Gasteiger charge is -2.22. The molecule has 1 heteroatoms. The van der Waals surface area contributed by atoms with E-state index in [0.717, 1.165) is 12.5 Å². The first-order valence-electron chi connectivity index (χ1n) is 8.44. The molecule has 0 aliphatic heterocycles. The zero-order chi connectivity index (χ0) is 14.8. The molecule has 0 amide bonds. The molecule has 0 aliphatic rings. The second-order valence-corrected chi connectivity index (χ2v) is 6.30. The molecule has 0 spiro atoms. The van der Waals surface area contributed by atoms with Gasteiger partial charge in [0.15, 0.2) is 0 Å². The lowest BCUT2D eigenvalue weighted by Crippen LogP contribution is -2.32. The molecule has 0 saturated carbocycles. The monoisotopic (exact) mass is 275 g/mol. The van der Waals surface area contributed by atoms with E-state index < -0.39 is 0 Å². The van der Waals surface area contributed by atoms with Gasteiger partial charge in [0.1, 0.15) is 0 Å². The topological polar surface area (TPSA) is 12.0 Å². The van der Waals surface area contributed by atoms with Crippen LogP contribution in [0.1, 0.15) is 64.0 Å². The lowest BCUT2D eigenvalue weighted by molar-refractivity contribution is 0.367. The van der Waals surface area contributed by atoms with Crippen LogP contribution < -0.4 is 5.32 Å². The SMILES string of the molecule is CCCNC(CCc1ccc(C)cc1)CC(C)CCC. The highest BCUT2D eigenvalue weighted by atomic mass is 14.9. The maximum Gasteiger partial charge on any atom is 0.00727 e. The second kappa shape index (κ2) is 9.99. The Morgan fingerprint density at radius 2 is 1.70 bits per heavy atom. The molecule has 1 rings (SSSR count). The Labute approximate surface area is 126 Å². The van der Waals surface area contributed by atoms with Crippen LogP contribution in [-0.2, 0) is 6.42 Å². The van der Waals surface area contributed by atoms with Crippen molar-refractivity contribution in [1.82, 2.24) is 5.32 Å². The Morgan fingerprint density at radius 1 is 1.00 bits per heavy atom. The van der Waals surface area contributed by atoms with Gasteiger partial charge in [-0.3, -0.25) is 0 Å². The van der Waals surface area contributed by atoms with E-state index in [9.17, 15) is 0 Å². The molecule has 0 bridgehead atoms. The summed E-state index contributed by atoms with van der Waals surface area (Å²) in [7, 11) is 0. The molecule has 114 valence electrons. The largest absolute Gasteiger partial charge is 0.314 e. The van der Waals surface area contributed by atoms with Gasteiger partial charge in [0.2, 0.25) is 0 Å². The Hall–Kier alpha value is -0.820. The summed E-state index contributed by atoms with van der Waals surface area (Å²) >= 11 is 0. The highest BCUT2D eigenvalue weighted by molar-refractivity contribution is 5.21. The number of aryl methyl sites for hydroxylation is 2. The number of hydrogen-bond acceptors (Lipinski definition) is 1. The molecule has 1 nitrogen and oxygen atoms in total. The molecule has 0 aliphatic carbocycles. The van der Waals surface area contributed by atoms with Gasteiger partial charge in [-0.2, -0.15) is 0 Å². The van der Waals surface area contributed by atoms with Crippen molar-refractivity contribution in [1.29, 1.82) is 0 Å². The minimum absolute atomic E-state index is 0.679. The molecule has 0 heterocycles. The van der Waals surface area contributed by atoms with Crippen LogP contribution in [0.5, 0.6) is 0 Å². The van der Waals surface area contributed by atoms with Gasteiger partial charge >= 0.3 is 0 Å². The lowest BCUT2D eigenvalue weighted by atomic mass is 9.93. The molecule has 0 fully saturated rings. The average Bonchev–Trinajstić information content (AvgIpc) is 2.44. The normalized spacial score (nSPS) is 14.2. The molecule has 0 aromatic heterocycles. The molecule has 1 aromatic carbocycles. The van der Waals surface area contributed by atoms with Crippen molar-refractivity contribution in [2.24, 2.45) is 5.92 Å². The summed E-state index contributed by atoms with van der Waals surface area (Å²) in [5.74, 6) is 0.840. The summed E-state index contributed by atoms with van der Waals surface area (Å²) < 4.78 is 0. The third kappa shape index (κ3) is 7.09. The summed E-state index contributed by atoms with van der Waals surface area (Å²) in [6, 6.07) is 9.69. The molecular weight excluding hydrogens is 242 g/mol. The second-order valence-electron chi connectivity index (χ2n) is 6.30. The smallest absolute Gasteiger partial charge is 0.00727 e. The van der Waals surface area contributed by atoms with Gasteiger partial charge in [-0.05, 0) is 50.6 Å². The Morgan fingerprint density at radius 3 is 2.30 bits per heavy atom. The highest BCUT2D eigenvalue weighted by Crippen LogP contribution is 2.16. The fourth-order valence-corrected chi connectivity index (χ4v) is 2.84. The number of nitrogens with one attached hydrogen (secondary N) is 1. The van der Waals surface area contributed by atoms with Crippen LogP contribution in [0.25, 0.3) is 0 Å². The van der Waals surface area contributed by atoms with Gasteiger partial charge < -0.3 is 5.32 Å². The first-order chi connectivity index (χ1) is 9.65. The van der Waals surface area contributed by atoms with E-state index >= 15 is 0 Å². The van der Waals surface area contributed by atoms with Crippen LogP contribution in [0.15, 0.2) is 24.3 Å².